The number of aromatic nitrogens is 1. The van der Waals surface area contributed by atoms with Crippen LogP contribution in [0, 0.1) is 6.92 Å². The smallest absolute Gasteiger partial charge is 0.328 e. The van der Waals surface area contributed by atoms with Crippen molar-refractivity contribution in [1.29, 1.82) is 0 Å². The average molecular weight is 299 g/mol. The third-order valence-electron chi connectivity index (χ3n) is 2.34. The predicted octanol–water partition coefficient (Wildman–Crippen LogP) is 2.50. The molecule has 1 atom stereocenters. The van der Waals surface area contributed by atoms with E-state index in [-0.39, 0.29) is 5.56 Å². The van der Waals surface area contributed by atoms with Crippen molar-refractivity contribution in [3.8, 4) is 0 Å². The molecule has 0 aromatic carbocycles. The third kappa shape index (κ3) is 4.81. The van der Waals surface area contributed by atoms with Crippen molar-refractivity contribution in [1.82, 2.24) is 10.3 Å². The summed E-state index contributed by atoms with van der Waals surface area (Å²) in [6.07, 6.45) is 1.38. The third-order valence-corrected chi connectivity index (χ3v) is 2.66. The van der Waals surface area contributed by atoms with Gasteiger partial charge in [-0.05, 0) is 40.7 Å². The number of pyridine rings is 1. The van der Waals surface area contributed by atoms with Gasteiger partial charge in [-0.2, -0.15) is 0 Å². The summed E-state index contributed by atoms with van der Waals surface area (Å²) in [5, 5.41) is 2.84. The maximum Gasteiger partial charge on any atom is 0.328 e. The van der Waals surface area contributed by atoms with Gasteiger partial charge in [0.05, 0.1) is 10.6 Å². The molecule has 0 unspecified atom stereocenters. The molecule has 1 aromatic heterocycles. The molecule has 20 heavy (non-hydrogen) atoms. The molecule has 0 bridgehead atoms. The minimum absolute atomic E-state index is 0.229. The molecule has 0 aliphatic carbocycles. The molecule has 0 spiro atoms. The molecule has 0 aliphatic rings. The maximum absolute atomic E-state index is 12.0. The van der Waals surface area contributed by atoms with Gasteiger partial charge < -0.3 is 10.1 Å². The number of ether oxygens (including phenoxy) is 1. The Morgan fingerprint density at radius 2 is 2.00 bits per heavy atom. The lowest BCUT2D eigenvalue weighted by Gasteiger charge is -2.22. The summed E-state index contributed by atoms with van der Waals surface area (Å²) in [5.41, 5.74) is 0.346. The molecule has 0 saturated heterocycles. The van der Waals surface area contributed by atoms with E-state index in [4.69, 9.17) is 16.3 Å². The van der Waals surface area contributed by atoms with E-state index in [1.807, 2.05) is 0 Å². The fourth-order valence-electron chi connectivity index (χ4n) is 1.42. The van der Waals surface area contributed by atoms with E-state index < -0.39 is 23.5 Å². The van der Waals surface area contributed by atoms with E-state index in [0.717, 1.165) is 0 Å². The molecule has 6 heteroatoms. The van der Waals surface area contributed by atoms with Crippen LogP contribution < -0.4 is 5.32 Å². The quantitative estimate of drug-likeness (QED) is 0.871. The number of carbonyl (C=O) groups excluding carboxylic acids is 2. The van der Waals surface area contributed by atoms with Crippen LogP contribution >= 0.6 is 11.6 Å². The lowest BCUT2D eigenvalue weighted by atomic mass is 10.2. The summed E-state index contributed by atoms with van der Waals surface area (Å²) >= 11 is 5.98. The fourth-order valence-corrected chi connectivity index (χ4v) is 1.71. The number of nitrogens with one attached hydrogen (secondary N) is 1. The van der Waals surface area contributed by atoms with Gasteiger partial charge in [0.15, 0.2) is 0 Å². The van der Waals surface area contributed by atoms with Crippen molar-refractivity contribution in [2.45, 2.75) is 46.3 Å². The number of rotatable bonds is 3. The largest absolute Gasteiger partial charge is 0.458 e. The molecular weight excluding hydrogens is 280 g/mol. The minimum atomic E-state index is -0.765. The van der Waals surface area contributed by atoms with Gasteiger partial charge in [0.25, 0.3) is 5.91 Å². The van der Waals surface area contributed by atoms with Crippen LogP contribution in [-0.4, -0.2) is 28.5 Å². The lowest BCUT2D eigenvalue weighted by molar-refractivity contribution is -0.156. The van der Waals surface area contributed by atoms with E-state index in [1.54, 1.807) is 40.7 Å². The van der Waals surface area contributed by atoms with Crippen molar-refractivity contribution in [3.63, 3.8) is 0 Å². The first kappa shape index (κ1) is 16.4. The number of hydrogen-bond donors (Lipinski definition) is 1. The van der Waals surface area contributed by atoms with Gasteiger partial charge in [0.1, 0.15) is 11.6 Å². The zero-order valence-electron chi connectivity index (χ0n) is 12.3. The Hall–Kier alpha value is -1.62. The van der Waals surface area contributed by atoms with E-state index >= 15 is 0 Å². The van der Waals surface area contributed by atoms with Gasteiger partial charge in [-0.3, -0.25) is 9.78 Å². The predicted molar refractivity (Wildman–Crippen MR) is 76.8 cm³/mol. The Morgan fingerprint density at radius 1 is 1.40 bits per heavy atom. The number of halogens is 1. The number of amides is 1. The number of nitrogens with zero attached hydrogens (tertiary/aromatic N) is 1. The second kappa shape index (κ2) is 6.22. The van der Waals surface area contributed by atoms with Crippen LogP contribution in [0.2, 0.25) is 5.02 Å². The van der Waals surface area contributed by atoms with Crippen LogP contribution in [0.5, 0.6) is 0 Å². The second-order valence-corrected chi connectivity index (χ2v) is 5.94. The fraction of sp³-hybridized carbons (Fsp3) is 0.500. The first-order valence-corrected chi connectivity index (χ1v) is 6.64. The second-order valence-electron chi connectivity index (χ2n) is 5.53. The maximum atomic E-state index is 12.0. The van der Waals surface area contributed by atoms with Gasteiger partial charge in [0.2, 0.25) is 0 Å². The molecule has 1 amide bonds. The van der Waals surface area contributed by atoms with E-state index in [0.29, 0.717) is 10.7 Å². The number of aryl methyl sites for hydroxylation is 1. The summed E-state index contributed by atoms with van der Waals surface area (Å²) in [6, 6.07) is 0.827. The van der Waals surface area contributed by atoms with E-state index in [9.17, 15) is 9.59 Å². The zero-order valence-corrected chi connectivity index (χ0v) is 13.0. The highest BCUT2D eigenvalue weighted by molar-refractivity contribution is 6.33. The summed E-state index contributed by atoms with van der Waals surface area (Å²) in [6.45, 7) is 8.62. The molecule has 0 saturated carbocycles. The minimum Gasteiger partial charge on any atom is -0.458 e. The van der Waals surface area contributed by atoms with Crippen LogP contribution in [0.1, 0.15) is 43.7 Å². The summed E-state index contributed by atoms with van der Waals surface area (Å²) in [7, 11) is 0. The van der Waals surface area contributed by atoms with Gasteiger partial charge in [-0.1, -0.05) is 11.6 Å². The normalized spacial score (nSPS) is 12.7. The van der Waals surface area contributed by atoms with Gasteiger partial charge >= 0.3 is 5.97 Å². The summed E-state index contributed by atoms with van der Waals surface area (Å²) < 4.78 is 5.18. The van der Waals surface area contributed by atoms with Crippen LogP contribution in [0.15, 0.2) is 12.3 Å². The van der Waals surface area contributed by atoms with Crippen molar-refractivity contribution in [2.24, 2.45) is 0 Å². The Kier molecular flexibility index (Phi) is 5.11. The van der Waals surface area contributed by atoms with Gasteiger partial charge in [-0.25, -0.2) is 4.79 Å². The SMILES string of the molecule is Cc1cc(Cl)c(C(=O)N[C@@H](C)C(=O)OC(C)(C)C)cn1. The first-order chi connectivity index (χ1) is 9.10. The number of esters is 1. The van der Waals surface area contributed by atoms with Crippen molar-refractivity contribution in [2.75, 3.05) is 0 Å². The van der Waals surface area contributed by atoms with Crippen molar-refractivity contribution in [3.05, 3.63) is 28.5 Å². The van der Waals surface area contributed by atoms with Crippen LogP contribution in [0.3, 0.4) is 0 Å². The molecule has 1 N–H and O–H groups in total. The molecule has 1 heterocycles. The summed E-state index contributed by atoms with van der Waals surface area (Å²) in [4.78, 5) is 27.8. The monoisotopic (exact) mass is 298 g/mol. The zero-order chi connectivity index (χ0) is 15.5. The summed E-state index contributed by atoms with van der Waals surface area (Å²) in [5.74, 6) is -0.956. The Bertz CT molecular complexity index is 524. The van der Waals surface area contributed by atoms with E-state index in [1.165, 1.54) is 6.20 Å². The van der Waals surface area contributed by atoms with Gasteiger partial charge in [0, 0.05) is 11.9 Å². The molecule has 1 rings (SSSR count). The Balaban J connectivity index is 2.73. The molecule has 0 radical (unpaired) electrons. The molecule has 1 aromatic rings. The highest BCUT2D eigenvalue weighted by atomic mass is 35.5. The van der Waals surface area contributed by atoms with Gasteiger partial charge in [-0.15, -0.1) is 0 Å². The molecule has 110 valence electrons. The average Bonchev–Trinajstić information content (AvgIpc) is 2.26. The standard InChI is InChI=1S/C14H19ClN2O3/c1-8-6-11(15)10(7-16-8)12(18)17-9(2)13(19)20-14(3,4)5/h6-7,9H,1-5H3,(H,17,18)/t9-/m0/s1. The van der Waals surface area contributed by atoms with Crippen molar-refractivity contribution >= 4 is 23.5 Å². The molecule has 0 aliphatic heterocycles. The number of hydrogen-bond acceptors (Lipinski definition) is 4. The molecular formula is C14H19ClN2O3. The topological polar surface area (TPSA) is 68.3 Å². The highest BCUT2D eigenvalue weighted by Gasteiger charge is 2.24. The lowest BCUT2D eigenvalue weighted by Crippen LogP contribution is -2.42. The highest BCUT2D eigenvalue weighted by Crippen LogP contribution is 2.16. The van der Waals surface area contributed by atoms with Crippen LogP contribution in [-0.2, 0) is 9.53 Å². The van der Waals surface area contributed by atoms with E-state index in [2.05, 4.69) is 10.3 Å². The first-order valence-electron chi connectivity index (χ1n) is 6.26. The Morgan fingerprint density at radius 3 is 2.50 bits per heavy atom. The van der Waals surface area contributed by atoms with Crippen LogP contribution in [0.25, 0.3) is 0 Å². The number of carbonyl (C=O) groups is 2. The molecule has 0 fully saturated rings. The van der Waals surface area contributed by atoms with Crippen LogP contribution in [0.4, 0.5) is 0 Å². The van der Waals surface area contributed by atoms with Crippen molar-refractivity contribution < 1.29 is 14.3 Å². The Labute approximate surface area is 123 Å². The molecule has 5 nitrogen and oxygen atoms in total.